The molecule has 0 spiro atoms. The molecule has 30 heavy (non-hydrogen) atoms. The summed E-state index contributed by atoms with van der Waals surface area (Å²) in [6.45, 7) is 4.21. The van der Waals surface area contributed by atoms with Crippen LogP contribution in [0.25, 0.3) is 5.57 Å². The summed E-state index contributed by atoms with van der Waals surface area (Å²) in [6.07, 6.45) is 4.88. The van der Waals surface area contributed by atoms with E-state index < -0.39 is 0 Å². The van der Waals surface area contributed by atoms with Crippen molar-refractivity contribution in [2.75, 3.05) is 12.4 Å². The van der Waals surface area contributed by atoms with Gasteiger partial charge in [-0.05, 0) is 13.8 Å². The molecule has 0 aliphatic carbocycles. The normalized spacial score (nSPS) is 13.7. The molecule has 0 saturated heterocycles. The zero-order chi connectivity index (χ0) is 21.3. The summed E-state index contributed by atoms with van der Waals surface area (Å²) in [5, 5.41) is 3.19. The van der Waals surface area contributed by atoms with Gasteiger partial charge in [0.25, 0.3) is 0 Å². The Bertz CT molecular complexity index is 1080. The molecular formula is C27H27FNSe. The largest absolute Gasteiger partial charge is 0.0617 e. The van der Waals surface area contributed by atoms with Gasteiger partial charge in [0.2, 0.25) is 0 Å². The summed E-state index contributed by atoms with van der Waals surface area (Å²) >= 11 is 0.322. The van der Waals surface area contributed by atoms with Crippen molar-refractivity contribution >= 4 is 35.2 Å². The fraction of sp³-hybridized carbons (Fsp3) is 0.148. The third-order valence-electron chi connectivity index (χ3n) is 4.88. The van der Waals surface area contributed by atoms with E-state index in [1.54, 1.807) is 0 Å². The minimum Gasteiger partial charge on any atom is -0.0617 e. The monoisotopic (exact) mass is 464 g/mol. The number of fused-ring (bicyclic) bond motifs is 2. The van der Waals surface area contributed by atoms with Crippen LogP contribution in [0.4, 0.5) is 10.1 Å². The van der Waals surface area contributed by atoms with E-state index in [2.05, 4.69) is 84.7 Å². The Balaban J connectivity index is 0.000000269. The van der Waals surface area contributed by atoms with Gasteiger partial charge in [-0.1, -0.05) is 35.4 Å². The number of allylic oxidation sites excluding steroid dienone is 2. The Hall–Kier alpha value is -2.74. The average molecular weight is 463 g/mol. The van der Waals surface area contributed by atoms with Crippen LogP contribution < -0.4 is 9.78 Å². The predicted molar refractivity (Wildman–Crippen MR) is 131 cm³/mol. The molecule has 3 aromatic rings. The van der Waals surface area contributed by atoms with E-state index in [0.717, 1.165) is 17.7 Å². The molecule has 3 heteroatoms. The molecule has 1 aliphatic rings. The number of nitrogens with one attached hydrogen (secondary N) is 1. The summed E-state index contributed by atoms with van der Waals surface area (Å²) in [5.41, 5.74) is 8.54. The van der Waals surface area contributed by atoms with Crippen LogP contribution in [0.3, 0.4) is 0 Å². The second-order valence-corrected chi connectivity index (χ2v) is 9.28. The van der Waals surface area contributed by atoms with Gasteiger partial charge in [-0.25, -0.2) is 0 Å². The SMILES string of the molecule is CNc1ccc2c(c1)CC=[Se]c1ccccc1/C2=C/C=C\F.Cc1cccc(C)c1. The van der Waals surface area contributed by atoms with Crippen molar-refractivity contribution < 1.29 is 4.39 Å². The maximum atomic E-state index is 12.6. The quantitative estimate of drug-likeness (QED) is 0.486. The Kier molecular flexibility index (Phi) is 7.96. The first-order valence-electron chi connectivity index (χ1n) is 10.0. The molecule has 3 aromatic carbocycles. The van der Waals surface area contributed by atoms with Crippen molar-refractivity contribution in [3.8, 4) is 0 Å². The molecular weight excluding hydrogens is 436 g/mol. The van der Waals surface area contributed by atoms with Crippen LogP contribution in [-0.4, -0.2) is 26.5 Å². The fourth-order valence-corrected chi connectivity index (χ4v) is 5.36. The molecule has 1 aliphatic heterocycles. The van der Waals surface area contributed by atoms with Crippen LogP contribution in [0.1, 0.15) is 27.8 Å². The maximum Gasteiger partial charge on any atom is -0.0398 e. The first-order chi connectivity index (χ1) is 14.6. The molecule has 0 unspecified atom stereocenters. The zero-order valence-electron chi connectivity index (χ0n) is 17.7. The van der Waals surface area contributed by atoms with Crippen LogP contribution in [0.2, 0.25) is 0 Å². The summed E-state index contributed by atoms with van der Waals surface area (Å²) in [4.78, 5) is 2.37. The minimum absolute atomic E-state index is 0.322. The molecule has 1 nitrogen and oxygen atoms in total. The maximum absolute atomic E-state index is 12.6. The molecule has 0 aromatic heterocycles. The summed E-state index contributed by atoms with van der Waals surface area (Å²) < 4.78 is 13.9. The van der Waals surface area contributed by atoms with E-state index in [0.29, 0.717) is 20.8 Å². The molecule has 1 heterocycles. The third-order valence-corrected chi connectivity index (χ3v) is 6.86. The van der Waals surface area contributed by atoms with Gasteiger partial charge in [-0.2, -0.15) is 0 Å². The molecule has 0 fully saturated rings. The molecule has 0 bridgehead atoms. The van der Waals surface area contributed by atoms with Crippen LogP contribution in [0.15, 0.2) is 85.2 Å². The van der Waals surface area contributed by atoms with Gasteiger partial charge in [-0.3, -0.25) is 0 Å². The number of benzene rings is 3. The molecule has 153 valence electrons. The third kappa shape index (κ3) is 5.66. The second kappa shape index (κ2) is 10.9. The van der Waals surface area contributed by atoms with Crippen molar-refractivity contribution in [2.45, 2.75) is 20.3 Å². The van der Waals surface area contributed by atoms with Crippen molar-refractivity contribution in [3.05, 3.63) is 113 Å². The van der Waals surface area contributed by atoms with Gasteiger partial charge >= 0.3 is 136 Å². The van der Waals surface area contributed by atoms with Gasteiger partial charge < -0.3 is 0 Å². The van der Waals surface area contributed by atoms with E-state index >= 15 is 0 Å². The number of rotatable bonds is 2. The van der Waals surface area contributed by atoms with Crippen molar-refractivity contribution in [1.82, 2.24) is 0 Å². The molecule has 4 rings (SSSR count). The van der Waals surface area contributed by atoms with Gasteiger partial charge in [0, 0.05) is 0 Å². The molecule has 0 amide bonds. The number of anilines is 1. The topological polar surface area (TPSA) is 12.0 Å². The Labute approximate surface area is 185 Å². The smallest absolute Gasteiger partial charge is 0.0398 e. The Morgan fingerprint density at radius 2 is 1.67 bits per heavy atom. The molecule has 1 radical (unpaired) electrons. The average Bonchev–Trinajstić information content (AvgIpc) is 2.74. The predicted octanol–water partition coefficient (Wildman–Crippen LogP) is 5.63. The number of aryl methyl sites for hydroxylation is 2. The van der Waals surface area contributed by atoms with Crippen LogP contribution in [-0.2, 0) is 6.42 Å². The zero-order valence-corrected chi connectivity index (χ0v) is 19.4. The molecule has 1 N–H and O–H groups in total. The fourth-order valence-electron chi connectivity index (χ4n) is 3.46. The van der Waals surface area contributed by atoms with Crippen molar-refractivity contribution in [2.24, 2.45) is 0 Å². The number of hydrogen-bond donors (Lipinski definition) is 1. The number of halogens is 1. The minimum atomic E-state index is 0.322. The van der Waals surface area contributed by atoms with Crippen molar-refractivity contribution in [3.63, 3.8) is 0 Å². The van der Waals surface area contributed by atoms with Gasteiger partial charge in [-0.15, -0.1) is 0 Å². The first-order valence-corrected chi connectivity index (χ1v) is 11.9. The summed E-state index contributed by atoms with van der Waals surface area (Å²) in [5.74, 6) is 0. The van der Waals surface area contributed by atoms with Crippen LogP contribution in [0, 0.1) is 13.8 Å². The van der Waals surface area contributed by atoms with Crippen molar-refractivity contribution in [1.29, 1.82) is 0 Å². The Morgan fingerprint density at radius 3 is 2.33 bits per heavy atom. The van der Waals surface area contributed by atoms with Crippen LogP contribution in [0.5, 0.6) is 0 Å². The summed E-state index contributed by atoms with van der Waals surface area (Å²) in [6, 6.07) is 23.3. The van der Waals surface area contributed by atoms with E-state index in [-0.39, 0.29) is 0 Å². The summed E-state index contributed by atoms with van der Waals surface area (Å²) in [7, 11) is 1.93. The van der Waals surface area contributed by atoms with Crippen LogP contribution >= 0.6 is 0 Å². The van der Waals surface area contributed by atoms with Gasteiger partial charge in [0.15, 0.2) is 0 Å². The first kappa shape index (κ1) is 22.0. The molecule has 0 saturated carbocycles. The van der Waals surface area contributed by atoms with E-state index in [1.165, 1.54) is 38.4 Å². The van der Waals surface area contributed by atoms with Gasteiger partial charge in [0.05, 0.1) is 0 Å². The standard InChI is InChI=1S/C19H17FNSe.C8H10/c1-21-15-8-9-16-14(13-15)10-12-22-19-7-3-2-5-18(19)17(16)6-4-11-20;1-7-4-3-5-8(2)6-7/h2-9,11-13,21H,10H2,1H3;3-6H,1-2H3/b11-4-,17-6+;. The van der Waals surface area contributed by atoms with E-state index in [9.17, 15) is 4.39 Å². The molecule has 0 atom stereocenters. The second-order valence-electron chi connectivity index (χ2n) is 7.16. The van der Waals surface area contributed by atoms with E-state index in [4.69, 9.17) is 0 Å². The number of hydrogen-bond acceptors (Lipinski definition) is 1. The van der Waals surface area contributed by atoms with E-state index in [1.807, 2.05) is 19.2 Å². The van der Waals surface area contributed by atoms with Gasteiger partial charge in [0.1, 0.15) is 0 Å². The Morgan fingerprint density at radius 1 is 0.900 bits per heavy atom.